The smallest absolute Gasteiger partial charge is 0.0489 e. The maximum absolute atomic E-state index is 3.31. The molecule has 2 aromatic carbocycles. The SMILES string of the molecule is c1ccc(Cc2cccc3cc[nH]c23)cc1. The highest BCUT2D eigenvalue weighted by molar-refractivity contribution is 5.82. The van der Waals surface area contributed by atoms with E-state index in [2.05, 4.69) is 59.6 Å². The normalized spacial score (nSPS) is 10.8. The quantitative estimate of drug-likeness (QED) is 0.658. The Morgan fingerprint density at radius 2 is 1.69 bits per heavy atom. The molecule has 1 heteroatoms. The lowest BCUT2D eigenvalue weighted by molar-refractivity contribution is 1.20. The molecule has 0 atom stereocenters. The molecule has 0 fully saturated rings. The second-order valence-electron chi connectivity index (χ2n) is 4.02. The summed E-state index contributed by atoms with van der Waals surface area (Å²) in [6, 6.07) is 19.1. The summed E-state index contributed by atoms with van der Waals surface area (Å²) in [6.07, 6.45) is 2.98. The lowest BCUT2D eigenvalue weighted by atomic mass is 10.0. The van der Waals surface area contributed by atoms with Gasteiger partial charge in [-0.2, -0.15) is 0 Å². The minimum absolute atomic E-state index is 0.985. The van der Waals surface area contributed by atoms with E-state index in [1.165, 1.54) is 22.0 Å². The van der Waals surface area contributed by atoms with Crippen LogP contribution in [0.5, 0.6) is 0 Å². The van der Waals surface area contributed by atoms with E-state index in [4.69, 9.17) is 0 Å². The molecule has 0 aliphatic carbocycles. The van der Waals surface area contributed by atoms with Crippen LogP contribution in [0, 0.1) is 0 Å². The average molecular weight is 207 g/mol. The van der Waals surface area contributed by atoms with Gasteiger partial charge in [-0.05, 0) is 29.0 Å². The van der Waals surface area contributed by atoms with Gasteiger partial charge in [0, 0.05) is 11.7 Å². The molecule has 0 saturated heterocycles. The fourth-order valence-electron chi connectivity index (χ4n) is 2.11. The van der Waals surface area contributed by atoms with Crippen LogP contribution >= 0.6 is 0 Å². The Labute approximate surface area is 94.7 Å². The number of aromatic nitrogens is 1. The minimum atomic E-state index is 0.985. The van der Waals surface area contributed by atoms with E-state index in [0.717, 1.165) is 6.42 Å². The molecule has 0 spiro atoms. The molecule has 0 amide bonds. The van der Waals surface area contributed by atoms with E-state index < -0.39 is 0 Å². The summed E-state index contributed by atoms with van der Waals surface area (Å²) in [5.74, 6) is 0. The van der Waals surface area contributed by atoms with Gasteiger partial charge in [0.15, 0.2) is 0 Å². The Morgan fingerprint density at radius 3 is 2.56 bits per heavy atom. The highest BCUT2D eigenvalue weighted by Crippen LogP contribution is 2.19. The third kappa shape index (κ3) is 1.61. The second kappa shape index (κ2) is 3.86. The lowest BCUT2D eigenvalue weighted by Crippen LogP contribution is -1.88. The Bertz CT molecular complexity index is 593. The van der Waals surface area contributed by atoms with Crippen LogP contribution in [0.25, 0.3) is 10.9 Å². The predicted octanol–water partition coefficient (Wildman–Crippen LogP) is 3.76. The first-order valence-electron chi connectivity index (χ1n) is 5.52. The molecule has 0 saturated carbocycles. The maximum atomic E-state index is 3.31. The number of para-hydroxylation sites is 1. The van der Waals surface area contributed by atoms with Crippen molar-refractivity contribution in [3.8, 4) is 0 Å². The number of nitrogens with one attached hydrogen (secondary N) is 1. The molecule has 3 aromatic rings. The van der Waals surface area contributed by atoms with Gasteiger partial charge in [-0.1, -0.05) is 48.5 Å². The number of hydrogen-bond acceptors (Lipinski definition) is 0. The van der Waals surface area contributed by atoms with Crippen LogP contribution in [0.1, 0.15) is 11.1 Å². The van der Waals surface area contributed by atoms with Crippen LogP contribution < -0.4 is 0 Å². The first-order chi connectivity index (χ1) is 7.93. The zero-order valence-corrected chi connectivity index (χ0v) is 8.98. The van der Waals surface area contributed by atoms with E-state index in [0.29, 0.717) is 0 Å². The lowest BCUT2D eigenvalue weighted by Gasteiger charge is -2.03. The van der Waals surface area contributed by atoms with Gasteiger partial charge in [-0.25, -0.2) is 0 Å². The number of benzene rings is 2. The molecule has 1 aromatic heterocycles. The van der Waals surface area contributed by atoms with Gasteiger partial charge in [-0.15, -0.1) is 0 Å². The predicted molar refractivity (Wildman–Crippen MR) is 67.5 cm³/mol. The highest BCUT2D eigenvalue weighted by Gasteiger charge is 2.02. The van der Waals surface area contributed by atoms with Gasteiger partial charge < -0.3 is 4.98 Å². The van der Waals surface area contributed by atoms with Gasteiger partial charge >= 0.3 is 0 Å². The minimum Gasteiger partial charge on any atom is -0.361 e. The molecule has 1 N–H and O–H groups in total. The topological polar surface area (TPSA) is 15.8 Å². The van der Waals surface area contributed by atoms with Gasteiger partial charge in [0.05, 0.1) is 0 Å². The van der Waals surface area contributed by atoms with Crippen LogP contribution in [0.3, 0.4) is 0 Å². The summed E-state index contributed by atoms with van der Waals surface area (Å²) in [7, 11) is 0. The molecule has 16 heavy (non-hydrogen) atoms. The van der Waals surface area contributed by atoms with E-state index in [1.807, 2.05) is 6.20 Å². The number of fused-ring (bicyclic) bond motifs is 1. The van der Waals surface area contributed by atoms with Crippen LogP contribution in [0.4, 0.5) is 0 Å². The van der Waals surface area contributed by atoms with Crippen LogP contribution in [-0.4, -0.2) is 4.98 Å². The van der Waals surface area contributed by atoms with Crippen molar-refractivity contribution in [2.45, 2.75) is 6.42 Å². The number of aromatic amines is 1. The standard InChI is InChI=1S/C15H13N/c1-2-5-12(6-3-1)11-14-8-4-7-13-9-10-16-15(13)14/h1-10,16H,11H2. The molecule has 0 unspecified atom stereocenters. The summed E-state index contributed by atoms with van der Waals surface area (Å²) >= 11 is 0. The van der Waals surface area contributed by atoms with Crippen LogP contribution in [0.2, 0.25) is 0 Å². The van der Waals surface area contributed by atoms with E-state index in [9.17, 15) is 0 Å². The van der Waals surface area contributed by atoms with Crippen molar-refractivity contribution in [2.75, 3.05) is 0 Å². The van der Waals surface area contributed by atoms with Crippen molar-refractivity contribution in [1.29, 1.82) is 0 Å². The molecule has 78 valence electrons. The molecule has 3 rings (SSSR count). The van der Waals surface area contributed by atoms with E-state index >= 15 is 0 Å². The largest absolute Gasteiger partial charge is 0.361 e. The van der Waals surface area contributed by atoms with Crippen molar-refractivity contribution >= 4 is 10.9 Å². The van der Waals surface area contributed by atoms with Crippen molar-refractivity contribution in [2.24, 2.45) is 0 Å². The molecular formula is C15H13N. The zero-order valence-electron chi connectivity index (χ0n) is 8.98. The summed E-state index contributed by atoms with van der Waals surface area (Å²) in [4.78, 5) is 3.31. The fourth-order valence-corrected chi connectivity index (χ4v) is 2.11. The van der Waals surface area contributed by atoms with Gasteiger partial charge in [0.2, 0.25) is 0 Å². The average Bonchev–Trinajstić information content (AvgIpc) is 2.80. The Morgan fingerprint density at radius 1 is 0.812 bits per heavy atom. The van der Waals surface area contributed by atoms with Crippen molar-refractivity contribution in [3.63, 3.8) is 0 Å². The monoisotopic (exact) mass is 207 g/mol. The van der Waals surface area contributed by atoms with Gasteiger partial charge in [-0.3, -0.25) is 0 Å². The summed E-state index contributed by atoms with van der Waals surface area (Å²) in [5.41, 5.74) is 3.96. The second-order valence-corrected chi connectivity index (χ2v) is 4.02. The molecule has 1 nitrogen and oxygen atoms in total. The number of rotatable bonds is 2. The van der Waals surface area contributed by atoms with Crippen LogP contribution in [-0.2, 0) is 6.42 Å². The maximum Gasteiger partial charge on any atom is 0.0489 e. The van der Waals surface area contributed by atoms with Gasteiger partial charge in [0.25, 0.3) is 0 Å². The molecule has 0 aliphatic rings. The van der Waals surface area contributed by atoms with E-state index in [-0.39, 0.29) is 0 Å². The fraction of sp³-hybridized carbons (Fsp3) is 0.0667. The molecule has 0 radical (unpaired) electrons. The first-order valence-corrected chi connectivity index (χ1v) is 5.52. The molecule has 0 bridgehead atoms. The van der Waals surface area contributed by atoms with Crippen molar-refractivity contribution in [1.82, 2.24) is 4.98 Å². The number of hydrogen-bond donors (Lipinski definition) is 1. The van der Waals surface area contributed by atoms with Crippen molar-refractivity contribution in [3.05, 3.63) is 71.9 Å². The summed E-state index contributed by atoms with van der Waals surface area (Å²) in [6.45, 7) is 0. The highest BCUT2D eigenvalue weighted by atomic mass is 14.7. The van der Waals surface area contributed by atoms with Crippen LogP contribution in [0.15, 0.2) is 60.8 Å². The summed E-state index contributed by atoms with van der Waals surface area (Å²) < 4.78 is 0. The first kappa shape index (κ1) is 9.22. The Balaban J connectivity index is 2.04. The zero-order chi connectivity index (χ0) is 10.8. The van der Waals surface area contributed by atoms with E-state index in [1.54, 1.807) is 0 Å². The van der Waals surface area contributed by atoms with Gasteiger partial charge in [0.1, 0.15) is 0 Å². The Hall–Kier alpha value is -2.02. The third-order valence-electron chi connectivity index (χ3n) is 2.91. The number of H-pyrrole nitrogens is 1. The summed E-state index contributed by atoms with van der Waals surface area (Å²) in [5, 5.41) is 1.29. The third-order valence-corrected chi connectivity index (χ3v) is 2.91. The molecule has 0 aliphatic heterocycles. The molecule has 1 heterocycles. The Kier molecular flexibility index (Phi) is 2.22. The van der Waals surface area contributed by atoms with Crippen molar-refractivity contribution < 1.29 is 0 Å². The molecular weight excluding hydrogens is 194 g/mol.